The third-order valence-electron chi connectivity index (χ3n) is 4.98. The van der Waals surface area contributed by atoms with Gasteiger partial charge in [0.15, 0.2) is 23.0 Å². The first-order valence-electron chi connectivity index (χ1n) is 9.69. The molecule has 0 atom stereocenters. The van der Waals surface area contributed by atoms with E-state index in [9.17, 15) is 4.79 Å². The lowest BCUT2D eigenvalue weighted by Crippen LogP contribution is -2.35. The fraction of sp³-hybridized carbons (Fsp3) is 0.348. The molecule has 0 saturated carbocycles. The molecule has 0 unspecified atom stereocenters. The van der Waals surface area contributed by atoms with Gasteiger partial charge < -0.3 is 23.7 Å². The Labute approximate surface area is 176 Å². The molecule has 1 aliphatic rings. The van der Waals surface area contributed by atoms with Crippen LogP contribution in [0.5, 0.6) is 23.0 Å². The van der Waals surface area contributed by atoms with Crippen LogP contribution in [-0.4, -0.2) is 52.6 Å². The average molecular weight is 413 g/mol. The zero-order chi connectivity index (χ0) is 21.7. The summed E-state index contributed by atoms with van der Waals surface area (Å²) in [5.41, 5.74) is 3.55. The van der Waals surface area contributed by atoms with Crippen LogP contribution in [0.4, 0.5) is 4.79 Å². The number of carbonyl (C=O) groups is 1. The largest absolute Gasteiger partial charge is 0.493 e. The van der Waals surface area contributed by atoms with Crippen molar-refractivity contribution in [1.82, 2.24) is 4.90 Å². The number of amides is 1. The second-order valence-electron chi connectivity index (χ2n) is 6.61. The van der Waals surface area contributed by atoms with E-state index in [0.717, 1.165) is 22.4 Å². The number of fused-ring (bicyclic) bond motifs is 1. The van der Waals surface area contributed by atoms with Crippen LogP contribution in [0, 0.1) is 0 Å². The monoisotopic (exact) mass is 413 g/mol. The Balaban J connectivity index is 2.16. The Morgan fingerprint density at radius 2 is 1.57 bits per heavy atom. The second-order valence-corrected chi connectivity index (χ2v) is 6.61. The van der Waals surface area contributed by atoms with E-state index in [1.807, 2.05) is 36.4 Å². The van der Waals surface area contributed by atoms with Crippen LogP contribution in [-0.2, 0) is 11.2 Å². The van der Waals surface area contributed by atoms with E-state index in [1.54, 1.807) is 40.3 Å². The third kappa shape index (κ3) is 4.15. The highest BCUT2D eigenvalue weighted by Gasteiger charge is 2.28. The minimum atomic E-state index is -0.385. The quantitative estimate of drug-likeness (QED) is 0.706. The van der Waals surface area contributed by atoms with Crippen LogP contribution < -0.4 is 18.9 Å². The topological polar surface area (TPSA) is 66.5 Å². The van der Waals surface area contributed by atoms with E-state index in [2.05, 4.69) is 0 Å². The van der Waals surface area contributed by atoms with Crippen molar-refractivity contribution >= 4 is 17.9 Å². The minimum Gasteiger partial charge on any atom is -0.493 e. The molecule has 1 heterocycles. The maximum absolute atomic E-state index is 12.7. The highest BCUT2D eigenvalue weighted by molar-refractivity contribution is 5.92. The number of hydrogen-bond acceptors (Lipinski definition) is 6. The number of methoxy groups -OCH3 is 4. The number of benzene rings is 2. The molecule has 2 aromatic carbocycles. The van der Waals surface area contributed by atoms with Crippen molar-refractivity contribution in [2.45, 2.75) is 13.3 Å². The third-order valence-corrected chi connectivity index (χ3v) is 4.98. The highest BCUT2D eigenvalue weighted by atomic mass is 16.6. The van der Waals surface area contributed by atoms with E-state index >= 15 is 0 Å². The SMILES string of the molecule is CCOC(=O)N1CCc2cc(OC)c(OC)cc2/C1=C\c1ccc(OC)c(OC)c1. The van der Waals surface area contributed by atoms with Crippen LogP contribution in [0.1, 0.15) is 23.6 Å². The Kier molecular flexibility index (Phi) is 6.72. The van der Waals surface area contributed by atoms with E-state index < -0.39 is 0 Å². The predicted molar refractivity (Wildman–Crippen MR) is 114 cm³/mol. The number of carbonyl (C=O) groups excluding carboxylic acids is 1. The number of ether oxygens (including phenoxy) is 5. The summed E-state index contributed by atoms with van der Waals surface area (Å²) in [5.74, 6) is 2.50. The lowest BCUT2D eigenvalue weighted by Gasteiger charge is -2.31. The summed E-state index contributed by atoms with van der Waals surface area (Å²) in [5, 5.41) is 0. The Morgan fingerprint density at radius 1 is 0.933 bits per heavy atom. The molecule has 0 N–H and O–H groups in total. The summed E-state index contributed by atoms with van der Waals surface area (Å²) in [4.78, 5) is 14.3. The van der Waals surface area contributed by atoms with Gasteiger partial charge in [0.05, 0.1) is 40.7 Å². The number of rotatable bonds is 6. The van der Waals surface area contributed by atoms with Crippen LogP contribution in [0.3, 0.4) is 0 Å². The molecule has 160 valence electrons. The minimum absolute atomic E-state index is 0.303. The summed E-state index contributed by atoms with van der Waals surface area (Å²) in [7, 11) is 6.38. The van der Waals surface area contributed by atoms with Gasteiger partial charge in [-0.25, -0.2) is 4.79 Å². The van der Waals surface area contributed by atoms with E-state index in [1.165, 1.54) is 0 Å². The Morgan fingerprint density at radius 3 is 2.20 bits per heavy atom. The van der Waals surface area contributed by atoms with Crippen molar-refractivity contribution < 1.29 is 28.5 Å². The number of nitrogens with zero attached hydrogens (tertiary/aromatic N) is 1. The van der Waals surface area contributed by atoms with Crippen molar-refractivity contribution in [2.75, 3.05) is 41.6 Å². The molecule has 0 aromatic heterocycles. The van der Waals surface area contributed by atoms with E-state index in [0.29, 0.717) is 42.6 Å². The van der Waals surface area contributed by atoms with Gasteiger partial charge in [-0.3, -0.25) is 4.90 Å². The molecular weight excluding hydrogens is 386 g/mol. The van der Waals surface area contributed by atoms with Crippen molar-refractivity contribution in [3.63, 3.8) is 0 Å². The molecule has 0 bridgehead atoms. The first kappa shape index (κ1) is 21.4. The molecule has 0 fully saturated rings. The fourth-order valence-corrected chi connectivity index (χ4v) is 3.51. The fourth-order valence-electron chi connectivity index (χ4n) is 3.51. The Hall–Kier alpha value is -3.35. The molecule has 30 heavy (non-hydrogen) atoms. The van der Waals surface area contributed by atoms with Gasteiger partial charge in [-0.1, -0.05) is 6.07 Å². The highest BCUT2D eigenvalue weighted by Crippen LogP contribution is 2.39. The van der Waals surface area contributed by atoms with Crippen molar-refractivity contribution in [1.29, 1.82) is 0 Å². The van der Waals surface area contributed by atoms with Crippen LogP contribution >= 0.6 is 0 Å². The van der Waals surface area contributed by atoms with Crippen LogP contribution in [0.15, 0.2) is 30.3 Å². The first-order valence-corrected chi connectivity index (χ1v) is 9.69. The molecule has 0 saturated heterocycles. The molecule has 2 aromatic rings. The van der Waals surface area contributed by atoms with Gasteiger partial charge in [0.2, 0.25) is 0 Å². The molecule has 1 amide bonds. The number of hydrogen-bond donors (Lipinski definition) is 0. The second kappa shape index (κ2) is 9.43. The maximum Gasteiger partial charge on any atom is 0.414 e. The standard InChI is InChI=1S/C23H27NO6/c1-6-30-23(25)24-10-9-16-13-21(28-4)22(29-5)14-17(16)18(24)11-15-7-8-19(26-2)20(12-15)27-3/h7-8,11-14H,6,9-10H2,1-5H3/b18-11+. The average Bonchev–Trinajstić information content (AvgIpc) is 2.78. The van der Waals surface area contributed by atoms with Gasteiger partial charge in [-0.2, -0.15) is 0 Å². The molecule has 0 radical (unpaired) electrons. The lowest BCUT2D eigenvalue weighted by molar-refractivity contribution is 0.125. The van der Waals surface area contributed by atoms with Gasteiger partial charge >= 0.3 is 6.09 Å². The zero-order valence-corrected chi connectivity index (χ0v) is 18.0. The summed E-state index contributed by atoms with van der Waals surface area (Å²) < 4.78 is 27.0. The van der Waals surface area contributed by atoms with Gasteiger partial charge in [-0.15, -0.1) is 0 Å². The summed E-state index contributed by atoms with van der Waals surface area (Å²) in [6, 6.07) is 9.46. The lowest BCUT2D eigenvalue weighted by atomic mass is 9.94. The maximum atomic E-state index is 12.7. The van der Waals surface area contributed by atoms with Crippen LogP contribution in [0.25, 0.3) is 11.8 Å². The van der Waals surface area contributed by atoms with Gasteiger partial charge in [0.25, 0.3) is 0 Å². The molecule has 7 nitrogen and oxygen atoms in total. The van der Waals surface area contributed by atoms with Gasteiger partial charge in [0, 0.05) is 12.1 Å². The van der Waals surface area contributed by atoms with Crippen molar-refractivity contribution in [2.24, 2.45) is 0 Å². The smallest absolute Gasteiger partial charge is 0.414 e. The molecule has 0 spiro atoms. The summed E-state index contributed by atoms with van der Waals surface area (Å²) in [6.45, 7) is 2.60. The van der Waals surface area contributed by atoms with Gasteiger partial charge in [0.1, 0.15) is 0 Å². The summed E-state index contributed by atoms with van der Waals surface area (Å²) >= 11 is 0. The molecule has 0 aliphatic carbocycles. The molecule has 1 aliphatic heterocycles. The van der Waals surface area contributed by atoms with E-state index in [4.69, 9.17) is 23.7 Å². The van der Waals surface area contributed by atoms with Gasteiger partial charge in [-0.05, 0) is 54.8 Å². The summed E-state index contributed by atoms with van der Waals surface area (Å²) in [6.07, 6.45) is 2.23. The first-order chi connectivity index (χ1) is 14.6. The molecular formula is C23H27NO6. The Bertz CT molecular complexity index is 953. The van der Waals surface area contributed by atoms with Crippen molar-refractivity contribution in [3.8, 4) is 23.0 Å². The molecule has 3 rings (SSSR count). The zero-order valence-electron chi connectivity index (χ0n) is 18.0. The van der Waals surface area contributed by atoms with Crippen LogP contribution in [0.2, 0.25) is 0 Å². The molecule has 7 heteroatoms. The van der Waals surface area contributed by atoms with Crippen molar-refractivity contribution in [3.05, 3.63) is 47.0 Å². The van der Waals surface area contributed by atoms with E-state index in [-0.39, 0.29) is 6.09 Å². The normalized spacial score (nSPS) is 14.2. The predicted octanol–water partition coefficient (Wildman–Crippen LogP) is 4.23.